The molecule has 0 saturated heterocycles. The third-order valence-electron chi connectivity index (χ3n) is 4.42. The van der Waals surface area contributed by atoms with E-state index in [-0.39, 0.29) is 12.5 Å². The Kier molecular flexibility index (Phi) is 6.85. The van der Waals surface area contributed by atoms with Crippen molar-refractivity contribution in [1.29, 1.82) is 0 Å². The second kappa shape index (κ2) is 9.76. The smallest absolute Gasteiger partial charge is 0.277 e. The van der Waals surface area contributed by atoms with E-state index in [4.69, 9.17) is 9.47 Å². The molecule has 1 aliphatic rings. The van der Waals surface area contributed by atoms with Crippen molar-refractivity contribution in [2.45, 2.75) is 39.0 Å². The molecule has 1 amide bonds. The summed E-state index contributed by atoms with van der Waals surface area (Å²) >= 11 is 0. The molecule has 0 aliphatic heterocycles. The number of nitrogens with zero attached hydrogens (tertiary/aromatic N) is 1. The number of nitrogens with one attached hydrogen (secondary N) is 1. The van der Waals surface area contributed by atoms with E-state index in [1.54, 1.807) is 6.21 Å². The van der Waals surface area contributed by atoms with E-state index < -0.39 is 0 Å². The molecule has 1 N–H and O–H groups in total. The number of aryl methyl sites for hydroxylation is 2. The van der Waals surface area contributed by atoms with Gasteiger partial charge >= 0.3 is 0 Å². The Morgan fingerprint density at radius 1 is 1.07 bits per heavy atom. The Hall–Kier alpha value is -2.82. The van der Waals surface area contributed by atoms with Crippen LogP contribution in [0.15, 0.2) is 47.6 Å². The predicted molar refractivity (Wildman–Crippen MR) is 107 cm³/mol. The summed E-state index contributed by atoms with van der Waals surface area (Å²) in [4.78, 5) is 11.9. The second-order valence-corrected chi connectivity index (χ2v) is 6.64. The minimum atomic E-state index is -0.289. The monoisotopic (exact) mass is 366 g/mol. The summed E-state index contributed by atoms with van der Waals surface area (Å²) in [5, 5.41) is 3.99. The SMILES string of the molecule is CCCOc1cccc(/C=N/NC(=O)COc2ccc3c(c2)CCCC3)c1. The quantitative estimate of drug-likeness (QED) is 0.570. The first-order valence-electron chi connectivity index (χ1n) is 9.54. The summed E-state index contributed by atoms with van der Waals surface area (Å²) in [5.41, 5.74) is 6.08. The van der Waals surface area contributed by atoms with Crippen LogP contribution in [0.3, 0.4) is 0 Å². The van der Waals surface area contributed by atoms with Crippen molar-refractivity contribution >= 4 is 12.1 Å². The molecule has 0 atom stereocenters. The first-order chi connectivity index (χ1) is 13.2. The molecule has 0 radical (unpaired) electrons. The number of benzene rings is 2. The van der Waals surface area contributed by atoms with Crippen LogP contribution in [0.5, 0.6) is 11.5 Å². The zero-order chi connectivity index (χ0) is 18.9. The summed E-state index contributed by atoms with van der Waals surface area (Å²) in [7, 11) is 0. The number of carbonyl (C=O) groups excluding carboxylic acids is 1. The predicted octanol–water partition coefficient (Wildman–Crippen LogP) is 3.88. The molecule has 5 heteroatoms. The highest BCUT2D eigenvalue weighted by molar-refractivity contribution is 5.83. The highest BCUT2D eigenvalue weighted by Gasteiger charge is 2.10. The van der Waals surface area contributed by atoms with Gasteiger partial charge in [-0.3, -0.25) is 4.79 Å². The van der Waals surface area contributed by atoms with Gasteiger partial charge in [-0.25, -0.2) is 5.43 Å². The van der Waals surface area contributed by atoms with Gasteiger partial charge in [0.15, 0.2) is 6.61 Å². The van der Waals surface area contributed by atoms with Gasteiger partial charge in [-0.15, -0.1) is 0 Å². The summed E-state index contributed by atoms with van der Waals surface area (Å²) in [6.07, 6.45) is 7.24. The minimum Gasteiger partial charge on any atom is -0.494 e. The summed E-state index contributed by atoms with van der Waals surface area (Å²) < 4.78 is 11.2. The number of hydrazone groups is 1. The Labute approximate surface area is 160 Å². The molecule has 142 valence electrons. The maximum Gasteiger partial charge on any atom is 0.277 e. The van der Waals surface area contributed by atoms with E-state index in [1.165, 1.54) is 24.0 Å². The first-order valence-corrected chi connectivity index (χ1v) is 9.54. The molecule has 0 unspecified atom stereocenters. The molecule has 0 spiro atoms. The Bertz CT molecular complexity index is 802. The number of ether oxygens (including phenoxy) is 2. The van der Waals surface area contributed by atoms with Crippen molar-refractivity contribution in [2.75, 3.05) is 13.2 Å². The fourth-order valence-corrected chi connectivity index (χ4v) is 3.06. The Balaban J connectivity index is 1.46. The molecule has 2 aromatic rings. The lowest BCUT2D eigenvalue weighted by molar-refractivity contribution is -0.123. The van der Waals surface area contributed by atoms with E-state index in [2.05, 4.69) is 23.5 Å². The van der Waals surface area contributed by atoms with Gasteiger partial charge in [0.1, 0.15) is 11.5 Å². The fraction of sp³-hybridized carbons (Fsp3) is 0.364. The lowest BCUT2D eigenvalue weighted by atomic mass is 9.92. The van der Waals surface area contributed by atoms with Gasteiger partial charge in [0, 0.05) is 0 Å². The Morgan fingerprint density at radius 2 is 1.89 bits per heavy atom. The van der Waals surface area contributed by atoms with Gasteiger partial charge in [-0.1, -0.05) is 25.1 Å². The van der Waals surface area contributed by atoms with E-state index in [1.807, 2.05) is 36.4 Å². The molecule has 3 rings (SSSR count). The lowest BCUT2D eigenvalue weighted by Gasteiger charge is -2.16. The number of amides is 1. The van der Waals surface area contributed by atoms with Crippen molar-refractivity contribution < 1.29 is 14.3 Å². The van der Waals surface area contributed by atoms with Crippen LogP contribution in [0.4, 0.5) is 0 Å². The number of hydrogen-bond donors (Lipinski definition) is 1. The number of hydrogen-bond acceptors (Lipinski definition) is 4. The van der Waals surface area contributed by atoms with E-state index in [0.717, 1.165) is 36.3 Å². The topological polar surface area (TPSA) is 59.9 Å². The van der Waals surface area contributed by atoms with Crippen molar-refractivity contribution in [3.63, 3.8) is 0 Å². The van der Waals surface area contributed by atoms with Gasteiger partial charge in [0.05, 0.1) is 12.8 Å². The summed E-state index contributed by atoms with van der Waals surface area (Å²) in [6, 6.07) is 13.7. The number of carbonyl (C=O) groups is 1. The summed E-state index contributed by atoms with van der Waals surface area (Å²) in [5.74, 6) is 1.24. The third kappa shape index (κ3) is 5.84. The highest BCUT2D eigenvalue weighted by atomic mass is 16.5. The standard InChI is InChI=1S/C22H26N2O3/c1-2-12-26-20-9-5-6-17(13-20)15-23-24-22(25)16-27-21-11-10-18-7-3-4-8-19(18)14-21/h5-6,9-11,13-15H,2-4,7-8,12,16H2,1H3,(H,24,25)/b23-15+. The molecule has 0 fully saturated rings. The van der Waals surface area contributed by atoms with Crippen molar-refractivity contribution in [3.05, 3.63) is 59.2 Å². The van der Waals surface area contributed by atoms with Gasteiger partial charge in [0.25, 0.3) is 5.91 Å². The molecule has 0 saturated carbocycles. The lowest BCUT2D eigenvalue weighted by Crippen LogP contribution is -2.24. The van der Waals surface area contributed by atoms with E-state index in [9.17, 15) is 4.79 Å². The van der Waals surface area contributed by atoms with Gasteiger partial charge in [-0.2, -0.15) is 5.10 Å². The van der Waals surface area contributed by atoms with E-state index in [0.29, 0.717) is 6.61 Å². The third-order valence-corrected chi connectivity index (χ3v) is 4.42. The maximum atomic E-state index is 11.9. The molecular weight excluding hydrogens is 340 g/mol. The van der Waals surface area contributed by atoms with Crippen molar-refractivity contribution in [3.8, 4) is 11.5 Å². The largest absolute Gasteiger partial charge is 0.494 e. The van der Waals surface area contributed by atoms with Crippen LogP contribution in [-0.2, 0) is 17.6 Å². The highest BCUT2D eigenvalue weighted by Crippen LogP contribution is 2.25. The normalized spacial score (nSPS) is 13.2. The van der Waals surface area contributed by atoms with Gasteiger partial charge in [-0.05, 0) is 73.1 Å². The zero-order valence-electron chi connectivity index (χ0n) is 15.7. The van der Waals surface area contributed by atoms with Crippen LogP contribution in [-0.4, -0.2) is 25.3 Å². The minimum absolute atomic E-state index is 0.0597. The molecule has 0 aromatic heterocycles. The van der Waals surface area contributed by atoms with Gasteiger partial charge < -0.3 is 9.47 Å². The molecule has 5 nitrogen and oxygen atoms in total. The molecule has 2 aromatic carbocycles. The second-order valence-electron chi connectivity index (χ2n) is 6.64. The summed E-state index contributed by atoms with van der Waals surface area (Å²) in [6.45, 7) is 2.68. The van der Waals surface area contributed by atoms with Crippen LogP contribution in [0.25, 0.3) is 0 Å². The van der Waals surface area contributed by atoms with Gasteiger partial charge in [0.2, 0.25) is 0 Å². The van der Waals surface area contributed by atoms with Crippen LogP contribution >= 0.6 is 0 Å². The molecule has 0 heterocycles. The van der Waals surface area contributed by atoms with Crippen LogP contribution in [0.1, 0.15) is 42.9 Å². The molecule has 27 heavy (non-hydrogen) atoms. The number of rotatable bonds is 8. The van der Waals surface area contributed by atoms with Crippen LogP contribution in [0.2, 0.25) is 0 Å². The maximum absolute atomic E-state index is 11.9. The number of fused-ring (bicyclic) bond motifs is 1. The van der Waals surface area contributed by atoms with Crippen molar-refractivity contribution in [1.82, 2.24) is 5.43 Å². The van der Waals surface area contributed by atoms with Crippen LogP contribution in [0, 0.1) is 0 Å². The molecule has 0 bridgehead atoms. The first kappa shape index (κ1) is 19.0. The van der Waals surface area contributed by atoms with Crippen molar-refractivity contribution in [2.24, 2.45) is 5.10 Å². The average molecular weight is 366 g/mol. The van der Waals surface area contributed by atoms with E-state index >= 15 is 0 Å². The average Bonchev–Trinajstić information content (AvgIpc) is 2.71. The molecular formula is C22H26N2O3. The Morgan fingerprint density at radius 3 is 2.74 bits per heavy atom. The zero-order valence-corrected chi connectivity index (χ0v) is 15.7. The fourth-order valence-electron chi connectivity index (χ4n) is 3.06. The van der Waals surface area contributed by atoms with Crippen LogP contribution < -0.4 is 14.9 Å². The molecule has 1 aliphatic carbocycles.